The highest BCUT2D eigenvalue weighted by atomic mass is 15.3. The lowest BCUT2D eigenvalue weighted by atomic mass is 10.1. The Morgan fingerprint density at radius 1 is 0.941 bits per heavy atom. The Bertz CT molecular complexity index is 157. The fourth-order valence-electron chi connectivity index (χ4n) is 2.48. The largest absolute Gasteiger partial charge is 0.298 e. The van der Waals surface area contributed by atoms with Crippen molar-refractivity contribution in [1.82, 2.24) is 9.80 Å². The minimum atomic E-state index is 0. The van der Waals surface area contributed by atoms with Gasteiger partial charge in [-0.1, -0.05) is 35.1 Å². The van der Waals surface area contributed by atoms with E-state index in [1.807, 2.05) is 27.7 Å². The molecule has 17 heavy (non-hydrogen) atoms. The summed E-state index contributed by atoms with van der Waals surface area (Å²) in [5.41, 5.74) is 0. The molecule has 1 atom stereocenters. The van der Waals surface area contributed by atoms with Crippen molar-refractivity contribution >= 4 is 0 Å². The van der Waals surface area contributed by atoms with Crippen LogP contribution < -0.4 is 0 Å². The van der Waals surface area contributed by atoms with E-state index in [1.54, 1.807) is 0 Å². The normalized spacial score (nSPS) is 23.8. The van der Waals surface area contributed by atoms with Gasteiger partial charge in [0.1, 0.15) is 0 Å². The molecule has 2 aliphatic rings. The zero-order valence-electron chi connectivity index (χ0n) is 12.3. The molecule has 2 aliphatic heterocycles. The Morgan fingerprint density at radius 3 is 2.06 bits per heavy atom. The summed E-state index contributed by atoms with van der Waals surface area (Å²) < 4.78 is 0. The Hall–Kier alpha value is -0.0800. The van der Waals surface area contributed by atoms with Crippen molar-refractivity contribution in [2.24, 2.45) is 0 Å². The molecule has 0 N–H and O–H groups in total. The molecule has 2 heterocycles. The number of hydrogen-bond acceptors (Lipinski definition) is 2. The third-order valence-electron chi connectivity index (χ3n) is 3.35. The van der Waals surface area contributed by atoms with E-state index in [2.05, 4.69) is 23.6 Å². The molecule has 106 valence electrons. The van der Waals surface area contributed by atoms with Crippen molar-refractivity contribution in [3.63, 3.8) is 0 Å². The molecule has 1 unspecified atom stereocenters. The molecular weight excluding hydrogens is 208 g/mol. The number of fused-ring (bicyclic) bond motifs is 1. The summed E-state index contributed by atoms with van der Waals surface area (Å²) in [7, 11) is 0. The Morgan fingerprint density at radius 2 is 1.53 bits per heavy atom. The molecule has 2 rings (SSSR count). The smallest absolute Gasteiger partial charge is 0.0224 e. The average Bonchev–Trinajstić information content (AvgIpc) is 2.81. The van der Waals surface area contributed by atoms with Gasteiger partial charge >= 0.3 is 0 Å². The fraction of sp³-hybridized carbons (Fsp3) is 1.00. The van der Waals surface area contributed by atoms with Crippen LogP contribution in [0.3, 0.4) is 0 Å². The highest BCUT2D eigenvalue weighted by molar-refractivity contribution is 4.87. The van der Waals surface area contributed by atoms with Crippen LogP contribution in [0.2, 0.25) is 0 Å². The average molecular weight is 244 g/mol. The molecule has 2 nitrogen and oxygen atoms in total. The second kappa shape index (κ2) is 11.0. The molecule has 0 spiro atoms. The lowest BCUT2D eigenvalue weighted by Gasteiger charge is -2.39. The number of nitrogens with zero attached hydrogens (tertiary/aromatic N) is 2. The summed E-state index contributed by atoms with van der Waals surface area (Å²) >= 11 is 0. The van der Waals surface area contributed by atoms with Gasteiger partial charge in [0, 0.05) is 31.7 Å². The van der Waals surface area contributed by atoms with Gasteiger partial charge in [-0.2, -0.15) is 0 Å². The summed E-state index contributed by atoms with van der Waals surface area (Å²) in [6, 6.07) is 1.63. The summed E-state index contributed by atoms with van der Waals surface area (Å²) in [4.78, 5) is 5.28. The van der Waals surface area contributed by atoms with E-state index in [4.69, 9.17) is 0 Å². The quantitative estimate of drug-likeness (QED) is 0.691. The first-order valence-corrected chi connectivity index (χ1v) is 7.25. The zero-order valence-corrected chi connectivity index (χ0v) is 12.3. The van der Waals surface area contributed by atoms with Crippen LogP contribution in [0.25, 0.3) is 0 Å². The molecule has 0 saturated carbocycles. The predicted molar refractivity (Wildman–Crippen MR) is 80.7 cm³/mol. The van der Waals surface area contributed by atoms with Gasteiger partial charge in [-0.15, -0.1) is 0 Å². The first-order valence-electron chi connectivity index (χ1n) is 7.25. The third-order valence-corrected chi connectivity index (χ3v) is 3.35. The van der Waals surface area contributed by atoms with Gasteiger partial charge in [-0.3, -0.25) is 9.80 Å². The van der Waals surface area contributed by atoms with Crippen LogP contribution >= 0.6 is 0 Å². The van der Waals surface area contributed by atoms with Crippen molar-refractivity contribution in [2.75, 3.05) is 26.2 Å². The number of rotatable bonds is 1. The van der Waals surface area contributed by atoms with Crippen molar-refractivity contribution in [1.29, 1.82) is 0 Å². The van der Waals surface area contributed by atoms with Crippen molar-refractivity contribution in [3.05, 3.63) is 0 Å². The van der Waals surface area contributed by atoms with E-state index < -0.39 is 0 Å². The molecule has 2 fully saturated rings. The molecule has 0 aromatic heterocycles. The molecule has 0 aliphatic carbocycles. The SMILES string of the molecule is C.CC.CC.CC(C)N1CCN2CCCC2C1. The predicted octanol–water partition coefficient (Wildman–Crippen LogP) is 3.86. The Balaban J connectivity index is 0. The molecule has 2 heteroatoms. The molecule has 0 aromatic carbocycles. The maximum absolute atomic E-state index is 2.67. The first-order chi connectivity index (χ1) is 7.77. The van der Waals surface area contributed by atoms with Gasteiger partial charge in [-0.05, 0) is 33.2 Å². The summed E-state index contributed by atoms with van der Waals surface area (Å²) in [6.07, 6.45) is 2.86. The van der Waals surface area contributed by atoms with Crippen LogP contribution in [0.5, 0.6) is 0 Å². The van der Waals surface area contributed by atoms with Crippen molar-refractivity contribution in [3.8, 4) is 0 Å². The molecule has 0 aromatic rings. The van der Waals surface area contributed by atoms with Gasteiger partial charge in [0.2, 0.25) is 0 Å². The van der Waals surface area contributed by atoms with E-state index in [0.29, 0.717) is 0 Å². The van der Waals surface area contributed by atoms with Gasteiger partial charge < -0.3 is 0 Å². The second-order valence-electron chi connectivity index (χ2n) is 4.42. The highest BCUT2D eigenvalue weighted by Crippen LogP contribution is 2.22. The number of piperazine rings is 1. The van der Waals surface area contributed by atoms with Crippen LogP contribution in [0.1, 0.15) is 61.8 Å². The van der Waals surface area contributed by atoms with Gasteiger partial charge in [0.15, 0.2) is 0 Å². The van der Waals surface area contributed by atoms with E-state index in [-0.39, 0.29) is 7.43 Å². The van der Waals surface area contributed by atoms with E-state index in [1.165, 1.54) is 39.0 Å². The van der Waals surface area contributed by atoms with Crippen molar-refractivity contribution < 1.29 is 0 Å². The van der Waals surface area contributed by atoms with E-state index in [9.17, 15) is 0 Å². The molecule has 0 amide bonds. The zero-order chi connectivity index (χ0) is 12.6. The van der Waals surface area contributed by atoms with Gasteiger partial charge in [0.05, 0.1) is 0 Å². The fourth-order valence-corrected chi connectivity index (χ4v) is 2.48. The maximum atomic E-state index is 2.67. The van der Waals surface area contributed by atoms with Crippen LogP contribution in [0.15, 0.2) is 0 Å². The van der Waals surface area contributed by atoms with Crippen molar-refractivity contribution in [2.45, 2.75) is 73.9 Å². The first kappa shape index (κ1) is 19.3. The Kier molecular flexibility index (Phi) is 12.5. The summed E-state index contributed by atoms with van der Waals surface area (Å²) in [5, 5.41) is 0. The highest BCUT2D eigenvalue weighted by Gasteiger charge is 2.30. The topological polar surface area (TPSA) is 6.48 Å². The van der Waals surface area contributed by atoms with Crippen LogP contribution in [0.4, 0.5) is 0 Å². The maximum Gasteiger partial charge on any atom is 0.0224 e. The lowest BCUT2D eigenvalue weighted by molar-refractivity contribution is 0.0827. The Labute approximate surface area is 110 Å². The molecule has 0 radical (unpaired) electrons. The second-order valence-corrected chi connectivity index (χ2v) is 4.42. The van der Waals surface area contributed by atoms with Gasteiger partial charge in [0.25, 0.3) is 0 Å². The third kappa shape index (κ3) is 5.87. The monoisotopic (exact) mass is 244 g/mol. The number of hydrogen-bond donors (Lipinski definition) is 0. The lowest BCUT2D eigenvalue weighted by Crippen LogP contribution is -2.52. The van der Waals surface area contributed by atoms with Crippen LogP contribution in [0, 0.1) is 0 Å². The minimum Gasteiger partial charge on any atom is -0.298 e. The van der Waals surface area contributed by atoms with Gasteiger partial charge in [-0.25, -0.2) is 0 Å². The minimum absolute atomic E-state index is 0. The summed E-state index contributed by atoms with van der Waals surface area (Å²) in [5.74, 6) is 0. The molecular formula is C15H36N2. The standard InChI is InChI=1S/C10H20N2.2C2H6.CH4/c1-9(2)12-7-6-11-5-3-4-10(11)8-12;2*1-2;/h9-10H,3-8H2,1-2H3;2*1-2H3;1H4. The van der Waals surface area contributed by atoms with Crippen LogP contribution in [-0.4, -0.2) is 48.1 Å². The molecule has 0 bridgehead atoms. The molecule has 2 saturated heterocycles. The van der Waals surface area contributed by atoms with E-state index >= 15 is 0 Å². The summed E-state index contributed by atoms with van der Waals surface area (Å²) in [6.45, 7) is 17.9. The van der Waals surface area contributed by atoms with Crippen LogP contribution in [-0.2, 0) is 0 Å². The van der Waals surface area contributed by atoms with E-state index in [0.717, 1.165) is 12.1 Å².